The Balaban J connectivity index is 1.52. The summed E-state index contributed by atoms with van der Waals surface area (Å²) in [6, 6.07) is 8.21. The summed E-state index contributed by atoms with van der Waals surface area (Å²) in [4.78, 5) is 28.4. The number of amides is 3. The van der Waals surface area contributed by atoms with Crippen LogP contribution in [-0.2, 0) is 0 Å². The molecular weight excluding hydrogens is 326 g/mol. The van der Waals surface area contributed by atoms with Crippen LogP contribution in [-0.4, -0.2) is 54.5 Å². The molecule has 1 heterocycles. The monoisotopic (exact) mass is 357 g/mol. The van der Waals surface area contributed by atoms with Crippen LogP contribution in [0.2, 0.25) is 0 Å². The summed E-state index contributed by atoms with van der Waals surface area (Å²) >= 11 is 0. The number of nitrogens with zero attached hydrogens (tertiary/aromatic N) is 2. The molecule has 0 spiro atoms. The van der Waals surface area contributed by atoms with Crippen molar-refractivity contribution < 1.29 is 9.59 Å². The Morgan fingerprint density at radius 2 is 1.58 bits per heavy atom. The maximum absolute atomic E-state index is 12.7. The number of urea groups is 1. The minimum absolute atomic E-state index is 0.0178. The van der Waals surface area contributed by atoms with Crippen LogP contribution in [0.5, 0.6) is 0 Å². The SMILES string of the molecule is CCCNC(=O)N1CCN(C(=O)c2ccc(C3CCCCC3)cc2)CC1. The van der Waals surface area contributed by atoms with Crippen LogP contribution < -0.4 is 5.32 Å². The first kappa shape index (κ1) is 18.7. The van der Waals surface area contributed by atoms with Crippen LogP contribution in [0, 0.1) is 0 Å². The topological polar surface area (TPSA) is 52.7 Å². The molecule has 1 aliphatic carbocycles. The van der Waals surface area contributed by atoms with E-state index in [4.69, 9.17) is 0 Å². The van der Waals surface area contributed by atoms with Gasteiger partial charge in [-0.1, -0.05) is 38.3 Å². The van der Waals surface area contributed by atoms with E-state index >= 15 is 0 Å². The summed E-state index contributed by atoms with van der Waals surface area (Å²) in [6.45, 7) is 5.14. The van der Waals surface area contributed by atoms with Crippen molar-refractivity contribution in [2.75, 3.05) is 32.7 Å². The predicted octanol–water partition coefficient (Wildman–Crippen LogP) is 3.61. The van der Waals surface area contributed by atoms with Gasteiger partial charge in [0, 0.05) is 38.3 Å². The maximum Gasteiger partial charge on any atom is 0.317 e. The molecule has 5 heteroatoms. The number of carbonyl (C=O) groups excluding carboxylic acids is 2. The molecule has 1 saturated carbocycles. The normalized spacial score (nSPS) is 18.7. The molecule has 26 heavy (non-hydrogen) atoms. The standard InChI is InChI=1S/C21H31N3O2/c1-2-12-22-21(26)24-15-13-23(14-16-24)20(25)19-10-8-18(9-11-19)17-6-4-3-5-7-17/h8-11,17H,2-7,12-16H2,1H3,(H,22,26). The molecule has 142 valence electrons. The molecule has 0 unspecified atom stereocenters. The van der Waals surface area contributed by atoms with Gasteiger partial charge in [0.1, 0.15) is 0 Å². The summed E-state index contributed by atoms with van der Waals surface area (Å²) in [7, 11) is 0. The Hall–Kier alpha value is -2.04. The molecule has 1 N–H and O–H groups in total. The van der Waals surface area contributed by atoms with E-state index in [-0.39, 0.29) is 11.9 Å². The third-order valence-corrected chi connectivity index (χ3v) is 5.61. The lowest BCUT2D eigenvalue weighted by atomic mass is 9.84. The molecule has 0 aromatic heterocycles. The van der Waals surface area contributed by atoms with Crippen LogP contribution in [0.25, 0.3) is 0 Å². The number of hydrogen-bond acceptors (Lipinski definition) is 2. The molecule has 1 aromatic rings. The number of rotatable bonds is 4. The molecule has 1 aromatic carbocycles. The van der Waals surface area contributed by atoms with Crippen molar-refractivity contribution in [1.82, 2.24) is 15.1 Å². The number of piperazine rings is 1. The highest BCUT2D eigenvalue weighted by molar-refractivity contribution is 5.94. The van der Waals surface area contributed by atoms with Crippen LogP contribution >= 0.6 is 0 Å². The van der Waals surface area contributed by atoms with E-state index in [1.54, 1.807) is 4.90 Å². The fraction of sp³-hybridized carbons (Fsp3) is 0.619. The highest BCUT2D eigenvalue weighted by atomic mass is 16.2. The predicted molar refractivity (Wildman–Crippen MR) is 103 cm³/mol. The number of benzene rings is 1. The second-order valence-electron chi connectivity index (χ2n) is 7.47. The van der Waals surface area contributed by atoms with Gasteiger partial charge in [0.15, 0.2) is 0 Å². The van der Waals surface area contributed by atoms with E-state index < -0.39 is 0 Å². The second-order valence-corrected chi connectivity index (χ2v) is 7.47. The molecule has 1 saturated heterocycles. The number of carbonyl (C=O) groups is 2. The average Bonchev–Trinajstić information content (AvgIpc) is 2.72. The minimum Gasteiger partial charge on any atom is -0.338 e. The first-order valence-electron chi connectivity index (χ1n) is 10.1. The lowest BCUT2D eigenvalue weighted by Crippen LogP contribution is -2.53. The fourth-order valence-corrected chi connectivity index (χ4v) is 3.97. The Kier molecular flexibility index (Phi) is 6.53. The zero-order chi connectivity index (χ0) is 18.4. The van der Waals surface area contributed by atoms with Gasteiger partial charge in [-0.3, -0.25) is 4.79 Å². The fourth-order valence-electron chi connectivity index (χ4n) is 3.97. The largest absolute Gasteiger partial charge is 0.338 e. The molecule has 2 fully saturated rings. The molecule has 3 rings (SSSR count). The van der Waals surface area contributed by atoms with E-state index in [0.29, 0.717) is 38.6 Å². The zero-order valence-electron chi connectivity index (χ0n) is 15.9. The summed E-state index contributed by atoms with van der Waals surface area (Å²) in [5.74, 6) is 0.742. The van der Waals surface area contributed by atoms with E-state index in [9.17, 15) is 9.59 Å². The second kappa shape index (κ2) is 9.06. The summed E-state index contributed by atoms with van der Waals surface area (Å²) in [5, 5.41) is 2.90. The quantitative estimate of drug-likeness (QED) is 0.895. The first-order chi connectivity index (χ1) is 12.7. The number of hydrogen-bond donors (Lipinski definition) is 1. The maximum atomic E-state index is 12.7. The minimum atomic E-state index is -0.0178. The van der Waals surface area contributed by atoms with Crippen LogP contribution in [0.3, 0.4) is 0 Å². The van der Waals surface area contributed by atoms with E-state index in [2.05, 4.69) is 17.4 Å². The molecule has 2 aliphatic rings. The van der Waals surface area contributed by atoms with Gasteiger partial charge in [0.2, 0.25) is 0 Å². The summed E-state index contributed by atoms with van der Waals surface area (Å²) < 4.78 is 0. The van der Waals surface area contributed by atoms with Gasteiger partial charge in [-0.15, -0.1) is 0 Å². The summed E-state index contributed by atoms with van der Waals surface area (Å²) in [5.41, 5.74) is 2.13. The highest BCUT2D eigenvalue weighted by Crippen LogP contribution is 2.32. The Bertz CT molecular complexity index is 600. The van der Waals surface area contributed by atoms with Gasteiger partial charge < -0.3 is 15.1 Å². The third kappa shape index (κ3) is 4.57. The lowest BCUT2D eigenvalue weighted by Gasteiger charge is -2.34. The molecule has 0 atom stereocenters. The van der Waals surface area contributed by atoms with E-state index in [1.807, 2.05) is 24.0 Å². The highest BCUT2D eigenvalue weighted by Gasteiger charge is 2.25. The van der Waals surface area contributed by atoms with Crippen molar-refractivity contribution in [3.8, 4) is 0 Å². The van der Waals surface area contributed by atoms with E-state index in [0.717, 1.165) is 12.0 Å². The van der Waals surface area contributed by atoms with Crippen LogP contribution in [0.15, 0.2) is 24.3 Å². The van der Waals surface area contributed by atoms with Gasteiger partial charge in [-0.05, 0) is 42.9 Å². The van der Waals surface area contributed by atoms with Crippen LogP contribution in [0.1, 0.15) is 67.3 Å². The van der Waals surface area contributed by atoms with Gasteiger partial charge in [0.05, 0.1) is 0 Å². The van der Waals surface area contributed by atoms with Crippen molar-refractivity contribution in [3.05, 3.63) is 35.4 Å². The molecular formula is C21H31N3O2. The Labute approximate surface area is 156 Å². The van der Waals surface area contributed by atoms with Gasteiger partial charge in [-0.25, -0.2) is 4.79 Å². The Morgan fingerprint density at radius 1 is 0.962 bits per heavy atom. The smallest absolute Gasteiger partial charge is 0.317 e. The molecule has 0 radical (unpaired) electrons. The van der Waals surface area contributed by atoms with Gasteiger partial charge in [0.25, 0.3) is 5.91 Å². The van der Waals surface area contributed by atoms with Crippen molar-refractivity contribution in [2.45, 2.75) is 51.4 Å². The lowest BCUT2D eigenvalue weighted by molar-refractivity contribution is 0.0665. The van der Waals surface area contributed by atoms with Crippen molar-refractivity contribution in [2.24, 2.45) is 0 Å². The zero-order valence-corrected chi connectivity index (χ0v) is 15.9. The number of nitrogens with one attached hydrogen (secondary N) is 1. The van der Waals surface area contributed by atoms with Crippen molar-refractivity contribution in [3.63, 3.8) is 0 Å². The summed E-state index contributed by atoms with van der Waals surface area (Å²) in [6.07, 6.45) is 7.48. The van der Waals surface area contributed by atoms with Gasteiger partial charge >= 0.3 is 6.03 Å². The third-order valence-electron chi connectivity index (χ3n) is 5.61. The van der Waals surface area contributed by atoms with E-state index in [1.165, 1.54) is 37.7 Å². The van der Waals surface area contributed by atoms with Crippen LogP contribution in [0.4, 0.5) is 4.79 Å². The molecule has 5 nitrogen and oxygen atoms in total. The molecule has 0 bridgehead atoms. The molecule has 1 aliphatic heterocycles. The Morgan fingerprint density at radius 3 is 2.19 bits per heavy atom. The molecule has 3 amide bonds. The van der Waals surface area contributed by atoms with Crippen molar-refractivity contribution in [1.29, 1.82) is 0 Å². The van der Waals surface area contributed by atoms with Crippen molar-refractivity contribution >= 4 is 11.9 Å². The van der Waals surface area contributed by atoms with Gasteiger partial charge in [-0.2, -0.15) is 0 Å². The first-order valence-corrected chi connectivity index (χ1v) is 10.1. The average molecular weight is 357 g/mol.